The van der Waals surface area contributed by atoms with Crippen LogP contribution in [0.1, 0.15) is 26.2 Å². The zero-order valence-electron chi connectivity index (χ0n) is 13.8. The highest BCUT2D eigenvalue weighted by Crippen LogP contribution is 2.21. The Morgan fingerprint density at radius 1 is 1.25 bits per heavy atom. The summed E-state index contributed by atoms with van der Waals surface area (Å²) in [5.41, 5.74) is 0.792. The average Bonchev–Trinajstić information content (AvgIpc) is 3.17. The van der Waals surface area contributed by atoms with Crippen LogP contribution in [0.4, 0.5) is 0 Å². The van der Waals surface area contributed by atoms with E-state index in [-0.39, 0.29) is 9.77 Å². The topological polar surface area (TPSA) is 71.4 Å². The predicted molar refractivity (Wildman–Crippen MR) is 97.2 cm³/mol. The van der Waals surface area contributed by atoms with E-state index in [1.165, 1.54) is 12.8 Å². The van der Waals surface area contributed by atoms with Crippen LogP contribution >= 0.6 is 11.3 Å². The lowest BCUT2D eigenvalue weighted by atomic mass is 10.3. The minimum Gasteiger partial charge on any atom is -0.303 e. The summed E-state index contributed by atoms with van der Waals surface area (Å²) >= 11 is 1.09. The lowest BCUT2D eigenvalue weighted by Gasteiger charge is -2.14. The monoisotopic (exact) mass is 369 g/mol. The minimum atomic E-state index is -3.53. The number of nitrogens with one attached hydrogen (secondary N) is 1. The first-order chi connectivity index (χ1) is 11.5. The van der Waals surface area contributed by atoms with Gasteiger partial charge in [-0.3, -0.25) is 9.36 Å². The molecular weight excluding hydrogens is 346 g/mol. The van der Waals surface area contributed by atoms with Crippen molar-refractivity contribution in [2.75, 3.05) is 26.2 Å². The highest BCUT2D eigenvalue weighted by Gasteiger charge is 2.17. The highest BCUT2D eigenvalue weighted by atomic mass is 32.2. The molecule has 0 bridgehead atoms. The Labute approximate surface area is 146 Å². The number of aromatic nitrogens is 1. The second kappa shape index (κ2) is 7.35. The van der Waals surface area contributed by atoms with Gasteiger partial charge < -0.3 is 4.90 Å². The zero-order chi connectivity index (χ0) is 17.2. The van der Waals surface area contributed by atoms with Crippen molar-refractivity contribution < 1.29 is 8.42 Å². The van der Waals surface area contributed by atoms with Crippen molar-refractivity contribution in [1.29, 1.82) is 0 Å². The summed E-state index contributed by atoms with van der Waals surface area (Å²) in [5, 5.41) is 0. The Balaban J connectivity index is 1.67. The number of thiazole rings is 1. The normalized spacial score (nSPS) is 16.2. The van der Waals surface area contributed by atoms with Gasteiger partial charge in [-0.15, -0.1) is 0 Å². The molecule has 0 aliphatic carbocycles. The summed E-state index contributed by atoms with van der Waals surface area (Å²) in [6.07, 6.45) is 3.29. The van der Waals surface area contributed by atoms with Crippen LogP contribution in [-0.4, -0.2) is 44.1 Å². The van der Waals surface area contributed by atoms with Gasteiger partial charge in [0.15, 0.2) is 0 Å². The molecule has 1 fully saturated rings. The summed E-state index contributed by atoms with van der Waals surface area (Å²) in [7, 11) is -3.53. The van der Waals surface area contributed by atoms with Crippen LogP contribution in [0.5, 0.6) is 0 Å². The molecule has 1 saturated heterocycles. The van der Waals surface area contributed by atoms with E-state index in [1.54, 1.807) is 22.8 Å². The molecule has 2 heterocycles. The zero-order valence-corrected chi connectivity index (χ0v) is 15.5. The molecule has 0 spiro atoms. The van der Waals surface area contributed by atoms with Gasteiger partial charge >= 0.3 is 4.87 Å². The van der Waals surface area contributed by atoms with Crippen molar-refractivity contribution in [3.8, 4) is 0 Å². The number of rotatable bonds is 7. The predicted octanol–water partition coefficient (Wildman–Crippen LogP) is 1.85. The molecule has 8 heteroatoms. The van der Waals surface area contributed by atoms with E-state index < -0.39 is 10.0 Å². The van der Waals surface area contributed by atoms with Gasteiger partial charge in [-0.05, 0) is 64.0 Å². The molecule has 1 aromatic carbocycles. The lowest BCUT2D eigenvalue weighted by molar-refractivity contribution is 0.334. The van der Waals surface area contributed by atoms with Gasteiger partial charge in [-0.2, -0.15) is 0 Å². The summed E-state index contributed by atoms with van der Waals surface area (Å²) in [5.74, 6) is 0. The van der Waals surface area contributed by atoms with Gasteiger partial charge in [0, 0.05) is 13.1 Å². The van der Waals surface area contributed by atoms with Crippen molar-refractivity contribution in [2.45, 2.75) is 37.6 Å². The molecule has 24 heavy (non-hydrogen) atoms. The third kappa shape index (κ3) is 3.72. The fourth-order valence-corrected chi connectivity index (χ4v) is 5.28. The first-order valence-corrected chi connectivity index (χ1v) is 10.7. The van der Waals surface area contributed by atoms with E-state index in [0.29, 0.717) is 17.8 Å². The van der Waals surface area contributed by atoms with E-state index in [9.17, 15) is 13.2 Å². The molecule has 6 nitrogen and oxygen atoms in total. The first-order valence-electron chi connectivity index (χ1n) is 8.36. The number of fused-ring (bicyclic) bond motifs is 1. The quantitative estimate of drug-likeness (QED) is 0.756. The fraction of sp³-hybridized carbons (Fsp3) is 0.562. The maximum atomic E-state index is 12.4. The lowest BCUT2D eigenvalue weighted by Crippen LogP contribution is -2.28. The molecule has 0 saturated carbocycles. The molecule has 1 aliphatic rings. The van der Waals surface area contributed by atoms with E-state index in [0.717, 1.165) is 42.9 Å². The largest absolute Gasteiger partial charge is 0.308 e. The van der Waals surface area contributed by atoms with Crippen molar-refractivity contribution in [3.63, 3.8) is 0 Å². The summed E-state index contributed by atoms with van der Waals surface area (Å²) in [6.45, 7) is 6.10. The summed E-state index contributed by atoms with van der Waals surface area (Å²) < 4.78 is 29.9. The van der Waals surface area contributed by atoms with E-state index in [4.69, 9.17) is 0 Å². The second-order valence-electron chi connectivity index (χ2n) is 6.04. The van der Waals surface area contributed by atoms with Gasteiger partial charge in [0.1, 0.15) is 0 Å². The highest BCUT2D eigenvalue weighted by molar-refractivity contribution is 7.89. The Morgan fingerprint density at radius 2 is 2.00 bits per heavy atom. The molecule has 0 atom stereocenters. The van der Waals surface area contributed by atoms with Crippen molar-refractivity contribution in [1.82, 2.24) is 14.2 Å². The van der Waals surface area contributed by atoms with Crippen molar-refractivity contribution in [3.05, 3.63) is 27.9 Å². The van der Waals surface area contributed by atoms with Gasteiger partial charge in [-0.1, -0.05) is 11.3 Å². The van der Waals surface area contributed by atoms with Crippen molar-refractivity contribution >= 4 is 31.6 Å². The first kappa shape index (κ1) is 17.6. The van der Waals surface area contributed by atoms with Crippen LogP contribution in [0.3, 0.4) is 0 Å². The molecule has 1 aliphatic heterocycles. The average molecular weight is 370 g/mol. The molecule has 1 aromatic heterocycles. The number of aryl methyl sites for hydroxylation is 1. The molecule has 1 N–H and O–H groups in total. The van der Waals surface area contributed by atoms with E-state index in [1.807, 2.05) is 6.92 Å². The molecule has 0 amide bonds. The molecule has 0 radical (unpaired) electrons. The molecular formula is C16H23N3O3S2. The number of sulfonamides is 1. The number of hydrogen-bond donors (Lipinski definition) is 1. The van der Waals surface area contributed by atoms with Crippen LogP contribution in [0.25, 0.3) is 10.2 Å². The van der Waals surface area contributed by atoms with Gasteiger partial charge in [0.05, 0.1) is 15.1 Å². The number of nitrogens with zero attached hydrogens (tertiary/aromatic N) is 2. The third-order valence-electron chi connectivity index (χ3n) is 4.41. The Kier molecular flexibility index (Phi) is 5.39. The summed E-state index contributed by atoms with van der Waals surface area (Å²) in [4.78, 5) is 14.4. The molecule has 3 rings (SSSR count). The van der Waals surface area contributed by atoms with Gasteiger partial charge in [-0.25, -0.2) is 13.1 Å². The van der Waals surface area contributed by atoms with E-state index >= 15 is 0 Å². The van der Waals surface area contributed by atoms with Crippen LogP contribution in [0, 0.1) is 0 Å². The Bertz CT molecular complexity index is 864. The van der Waals surface area contributed by atoms with Gasteiger partial charge in [0.2, 0.25) is 10.0 Å². The van der Waals surface area contributed by atoms with Crippen LogP contribution in [0.15, 0.2) is 27.9 Å². The molecule has 2 aromatic rings. The standard InChI is InChI=1S/C16H23N3O3S2/c1-2-19-14-7-6-13(12-15(14)23-16(19)20)24(21,22)17-8-5-11-18-9-3-4-10-18/h6-7,12,17H,2-5,8-11H2,1H3. The number of benzene rings is 1. The fourth-order valence-electron chi connectivity index (χ4n) is 3.11. The Hall–Kier alpha value is -1.22. The maximum absolute atomic E-state index is 12.4. The van der Waals surface area contributed by atoms with Crippen LogP contribution < -0.4 is 9.60 Å². The molecule has 132 valence electrons. The van der Waals surface area contributed by atoms with Gasteiger partial charge in [0.25, 0.3) is 0 Å². The second-order valence-corrected chi connectivity index (χ2v) is 8.80. The van der Waals surface area contributed by atoms with Crippen LogP contribution in [0.2, 0.25) is 0 Å². The third-order valence-corrected chi connectivity index (χ3v) is 6.81. The summed E-state index contributed by atoms with van der Waals surface area (Å²) in [6, 6.07) is 4.88. The van der Waals surface area contributed by atoms with Crippen LogP contribution in [-0.2, 0) is 16.6 Å². The number of likely N-dealkylation sites (tertiary alicyclic amines) is 1. The minimum absolute atomic E-state index is 0.0550. The van der Waals surface area contributed by atoms with E-state index in [2.05, 4.69) is 9.62 Å². The smallest absolute Gasteiger partial charge is 0.303 e. The number of hydrogen-bond acceptors (Lipinski definition) is 5. The van der Waals surface area contributed by atoms with Crippen molar-refractivity contribution in [2.24, 2.45) is 0 Å². The SMILES string of the molecule is CCn1c(=O)sc2cc(S(=O)(=O)NCCCN3CCCC3)ccc21. The molecule has 0 unspecified atom stereocenters. The maximum Gasteiger partial charge on any atom is 0.308 e. The Morgan fingerprint density at radius 3 is 2.71 bits per heavy atom.